The van der Waals surface area contributed by atoms with Crippen LogP contribution in [0.5, 0.6) is 0 Å². The smallest absolute Gasteiger partial charge is 0.263 e. The summed E-state index contributed by atoms with van der Waals surface area (Å²) < 4.78 is 27.1. The molecule has 5 nitrogen and oxygen atoms in total. The number of nitrogens with two attached hydrogens (primary N) is 1. The monoisotopic (exact) mass is 321 g/mol. The summed E-state index contributed by atoms with van der Waals surface area (Å²) in [6, 6.07) is 10.9. The Hall–Kier alpha value is -2.23. The summed E-state index contributed by atoms with van der Waals surface area (Å²) in [6.07, 6.45) is 0. The van der Waals surface area contributed by atoms with Gasteiger partial charge < -0.3 is 5.73 Å². The summed E-state index contributed by atoms with van der Waals surface area (Å²) in [5, 5.41) is 8.75. The van der Waals surface area contributed by atoms with Crippen LogP contribution in [0.1, 0.15) is 11.1 Å². The number of nitrogens with zero attached hydrogens (tertiary/aromatic N) is 1. The normalized spacial score (nSPS) is 10.9. The van der Waals surface area contributed by atoms with Crippen LogP contribution in [0.4, 0.5) is 11.4 Å². The van der Waals surface area contributed by atoms with E-state index in [0.717, 1.165) is 5.56 Å². The maximum atomic E-state index is 12.4. The number of sulfonamides is 1. The predicted molar refractivity (Wildman–Crippen MR) is 82.6 cm³/mol. The van der Waals surface area contributed by atoms with E-state index in [1.807, 2.05) is 13.0 Å². The molecule has 2 aromatic carbocycles. The van der Waals surface area contributed by atoms with E-state index < -0.39 is 10.0 Å². The second-order valence-electron chi connectivity index (χ2n) is 4.45. The van der Waals surface area contributed by atoms with Crippen LogP contribution in [0, 0.1) is 18.3 Å². The van der Waals surface area contributed by atoms with E-state index in [1.54, 1.807) is 18.2 Å². The molecule has 0 aromatic heterocycles. The number of nitriles is 1. The largest absolute Gasteiger partial charge is 0.397 e. The maximum absolute atomic E-state index is 12.4. The predicted octanol–water partition coefficient (Wildman–Crippen LogP) is 2.90. The Morgan fingerprint density at radius 3 is 2.57 bits per heavy atom. The van der Waals surface area contributed by atoms with E-state index >= 15 is 0 Å². The molecule has 0 spiro atoms. The Kier molecular flexibility index (Phi) is 4.07. The van der Waals surface area contributed by atoms with E-state index in [-0.39, 0.29) is 21.2 Å². The molecular weight excluding hydrogens is 310 g/mol. The average Bonchev–Trinajstić information content (AvgIpc) is 2.42. The van der Waals surface area contributed by atoms with Gasteiger partial charge in [-0.1, -0.05) is 17.7 Å². The number of rotatable bonds is 3. The third kappa shape index (κ3) is 3.27. The SMILES string of the molecule is Cc1ccc(N)c(NS(=O)(=O)c2ccc(C#N)cc2Cl)c1. The van der Waals surface area contributed by atoms with Gasteiger partial charge in [-0.3, -0.25) is 4.72 Å². The van der Waals surface area contributed by atoms with E-state index in [2.05, 4.69) is 4.72 Å². The molecule has 0 radical (unpaired) electrons. The summed E-state index contributed by atoms with van der Waals surface area (Å²) in [7, 11) is -3.88. The third-order valence-electron chi connectivity index (χ3n) is 2.80. The highest BCUT2D eigenvalue weighted by Crippen LogP contribution is 2.27. The average molecular weight is 322 g/mol. The van der Waals surface area contributed by atoms with Crippen LogP contribution in [0.25, 0.3) is 0 Å². The van der Waals surface area contributed by atoms with Crippen LogP contribution in [-0.2, 0) is 10.0 Å². The van der Waals surface area contributed by atoms with Crippen LogP contribution in [-0.4, -0.2) is 8.42 Å². The zero-order valence-corrected chi connectivity index (χ0v) is 12.7. The molecule has 0 saturated heterocycles. The first-order valence-corrected chi connectivity index (χ1v) is 7.78. The zero-order chi connectivity index (χ0) is 15.6. The molecule has 0 saturated carbocycles. The van der Waals surface area contributed by atoms with Gasteiger partial charge in [-0.05, 0) is 42.8 Å². The number of nitrogen functional groups attached to an aromatic ring is 1. The van der Waals surface area contributed by atoms with Crippen molar-refractivity contribution in [2.24, 2.45) is 0 Å². The zero-order valence-electron chi connectivity index (χ0n) is 11.1. The highest BCUT2D eigenvalue weighted by Gasteiger charge is 2.19. The number of anilines is 2. The minimum atomic E-state index is -3.88. The fourth-order valence-electron chi connectivity index (χ4n) is 1.75. The lowest BCUT2D eigenvalue weighted by Crippen LogP contribution is -2.14. The molecule has 0 bridgehead atoms. The molecule has 21 heavy (non-hydrogen) atoms. The first-order valence-electron chi connectivity index (χ1n) is 5.92. The lowest BCUT2D eigenvalue weighted by molar-refractivity contribution is 0.601. The van der Waals surface area contributed by atoms with Crippen molar-refractivity contribution < 1.29 is 8.42 Å². The fraction of sp³-hybridized carbons (Fsp3) is 0.0714. The minimum absolute atomic E-state index is 0.0206. The van der Waals surface area contributed by atoms with Gasteiger partial charge >= 0.3 is 0 Å². The molecule has 0 aliphatic rings. The van der Waals surface area contributed by atoms with Gasteiger partial charge in [-0.2, -0.15) is 5.26 Å². The number of benzene rings is 2. The van der Waals surface area contributed by atoms with Crippen molar-refractivity contribution in [2.45, 2.75) is 11.8 Å². The molecule has 108 valence electrons. The highest BCUT2D eigenvalue weighted by molar-refractivity contribution is 7.92. The van der Waals surface area contributed by atoms with Crippen LogP contribution >= 0.6 is 11.6 Å². The fourth-order valence-corrected chi connectivity index (χ4v) is 3.37. The molecule has 0 aliphatic heterocycles. The number of aryl methyl sites for hydroxylation is 1. The first kappa shape index (κ1) is 15.2. The Morgan fingerprint density at radius 1 is 1.24 bits per heavy atom. The molecule has 7 heteroatoms. The van der Waals surface area contributed by atoms with Crippen LogP contribution < -0.4 is 10.5 Å². The van der Waals surface area contributed by atoms with Crippen molar-refractivity contribution in [1.29, 1.82) is 5.26 Å². The minimum Gasteiger partial charge on any atom is -0.397 e. The number of halogens is 1. The van der Waals surface area contributed by atoms with Crippen molar-refractivity contribution in [3.8, 4) is 6.07 Å². The standard InChI is InChI=1S/C14H12ClN3O2S/c1-9-2-4-12(17)13(6-9)18-21(19,20)14-5-3-10(8-16)7-11(14)15/h2-7,18H,17H2,1H3. The van der Waals surface area contributed by atoms with Crippen LogP contribution in [0.3, 0.4) is 0 Å². The lowest BCUT2D eigenvalue weighted by Gasteiger charge is -2.12. The van der Waals surface area contributed by atoms with Crippen molar-refractivity contribution in [1.82, 2.24) is 0 Å². The van der Waals surface area contributed by atoms with Crippen molar-refractivity contribution in [3.63, 3.8) is 0 Å². The summed E-state index contributed by atoms with van der Waals surface area (Å²) in [6.45, 7) is 1.83. The van der Waals surface area contributed by atoms with Gasteiger partial charge in [0.25, 0.3) is 10.0 Å². The molecule has 2 aromatic rings. The highest BCUT2D eigenvalue weighted by atomic mass is 35.5. The van der Waals surface area contributed by atoms with Crippen LogP contribution in [0.15, 0.2) is 41.3 Å². The third-order valence-corrected chi connectivity index (χ3v) is 4.65. The number of hydrogen-bond acceptors (Lipinski definition) is 4. The Balaban J connectivity index is 2.44. The molecule has 2 rings (SSSR count). The van der Waals surface area contributed by atoms with Gasteiger partial charge in [0.1, 0.15) is 4.90 Å². The van der Waals surface area contributed by atoms with E-state index in [0.29, 0.717) is 5.69 Å². The molecule has 0 unspecified atom stereocenters. The van der Waals surface area contributed by atoms with Gasteiger partial charge in [0, 0.05) is 0 Å². The van der Waals surface area contributed by atoms with Gasteiger partial charge in [-0.15, -0.1) is 0 Å². The molecule has 0 heterocycles. The summed E-state index contributed by atoms with van der Waals surface area (Å²) >= 11 is 5.93. The van der Waals surface area contributed by atoms with Gasteiger partial charge in [0.05, 0.1) is 28.0 Å². The number of nitrogens with one attached hydrogen (secondary N) is 1. The molecule has 0 aliphatic carbocycles. The van der Waals surface area contributed by atoms with E-state index in [9.17, 15) is 8.42 Å². The maximum Gasteiger partial charge on any atom is 0.263 e. The number of hydrogen-bond donors (Lipinski definition) is 2. The van der Waals surface area contributed by atoms with Gasteiger partial charge in [0.15, 0.2) is 0 Å². The van der Waals surface area contributed by atoms with Crippen LogP contribution in [0.2, 0.25) is 5.02 Å². The van der Waals surface area contributed by atoms with E-state index in [1.165, 1.54) is 18.2 Å². The van der Waals surface area contributed by atoms with Gasteiger partial charge in [0.2, 0.25) is 0 Å². The Morgan fingerprint density at radius 2 is 1.95 bits per heavy atom. The summed E-state index contributed by atoms with van der Waals surface area (Å²) in [5.74, 6) is 0. The summed E-state index contributed by atoms with van der Waals surface area (Å²) in [5.41, 5.74) is 7.51. The van der Waals surface area contributed by atoms with Crippen molar-refractivity contribution >= 4 is 33.0 Å². The topological polar surface area (TPSA) is 96.0 Å². The molecule has 0 atom stereocenters. The quantitative estimate of drug-likeness (QED) is 0.849. The molecule has 3 N–H and O–H groups in total. The van der Waals surface area contributed by atoms with Crippen molar-refractivity contribution in [2.75, 3.05) is 10.5 Å². The van der Waals surface area contributed by atoms with Gasteiger partial charge in [-0.25, -0.2) is 8.42 Å². The van der Waals surface area contributed by atoms with E-state index in [4.69, 9.17) is 22.6 Å². The Bertz CT molecular complexity index is 842. The molecular formula is C14H12ClN3O2S. The Labute approximate surface area is 128 Å². The summed E-state index contributed by atoms with van der Waals surface area (Å²) in [4.78, 5) is -0.107. The second kappa shape index (κ2) is 5.64. The first-order chi connectivity index (χ1) is 9.83. The molecule has 0 amide bonds. The van der Waals surface area contributed by atoms with Crippen molar-refractivity contribution in [3.05, 3.63) is 52.5 Å². The molecule has 0 fully saturated rings. The lowest BCUT2D eigenvalue weighted by atomic mass is 10.2. The second-order valence-corrected chi connectivity index (χ2v) is 6.51.